The number of anilines is 2. The number of amides is 1. The van der Waals surface area contributed by atoms with E-state index in [2.05, 4.69) is 26.0 Å². The molecule has 1 amide bonds. The number of ether oxygens (including phenoxy) is 3. The van der Waals surface area contributed by atoms with Gasteiger partial charge < -0.3 is 25.4 Å². The molecule has 0 aliphatic heterocycles. The Morgan fingerprint density at radius 3 is 2.69 bits per heavy atom. The fraction of sp³-hybridized carbons (Fsp3) is 0.200. The molecule has 0 bridgehead atoms. The Bertz CT molecular complexity index is 1100. The van der Waals surface area contributed by atoms with E-state index in [0.29, 0.717) is 28.1 Å². The summed E-state index contributed by atoms with van der Waals surface area (Å²) in [7, 11) is 4.69. The number of rotatable bonds is 10. The fourth-order valence-electron chi connectivity index (χ4n) is 2.58. The number of nitrogen functional groups attached to an aromatic ring is 1. The number of hydrogen-bond donors (Lipinski definition) is 3. The second-order valence-electron chi connectivity index (χ2n) is 6.23. The molecule has 0 aliphatic rings. The van der Waals surface area contributed by atoms with Gasteiger partial charge in [-0.2, -0.15) is 5.10 Å². The number of methoxy groups -OCH3 is 3. The number of nitrogens with one attached hydrogen (secondary N) is 2. The zero-order chi connectivity index (χ0) is 22.9. The molecule has 3 aromatic rings. The highest BCUT2D eigenvalue weighted by Crippen LogP contribution is 2.27. The first kappa shape index (κ1) is 22.7. The third-order valence-corrected chi connectivity index (χ3v) is 5.08. The number of hydrazone groups is 1. The third-order valence-electron chi connectivity index (χ3n) is 4.14. The van der Waals surface area contributed by atoms with Crippen LogP contribution in [0.3, 0.4) is 0 Å². The van der Waals surface area contributed by atoms with Crippen molar-refractivity contribution < 1.29 is 19.0 Å². The van der Waals surface area contributed by atoms with Crippen molar-refractivity contribution in [2.24, 2.45) is 5.10 Å². The molecule has 32 heavy (non-hydrogen) atoms. The van der Waals surface area contributed by atoms with Crippen molar-refractivity contribution in [3.63, 3.8) is 0 Å². The van der Waals surface area contributed by atoms with Gasteiger partial charge in [-0.25, -0.2) is 10.1 Å². The Kier molecular flexibility index (Phi) is 7.75. The van der Waals surface area contributed by atoms with E-state index >= 15 is 0 Å². The van der Waals surface area contributed by atoms with Crippen molar-refractivity contribution in [3.05, 3.63) is 48.0 Å². The van der Waals surface area contributed by atoms with Gasteiger partial charge in [-0.15, -0.1) is 10.2 Å². The Morgan fingerprint density at radius 1 is 1.12 bits per heavy atom. The topological polar surface area (TPSA) is 138 Å². The second-order valence-corrected chi connectivity index (χ2v) is 7.17. The predicted molar refractivity (Wildman–Crippen MR) is 123 cm³/mol. The summed E-state index contributed by atoms with van der Waals surface area (Å²) in [5.41, 5.74) is 4.14. The van der Waals surface area contributed by atoms with Gasteiger partial charge in [-0.05, 0) is 35.9 Å². The summed E-state index contributed by atoms with van der Waals surface area (Å²) in [6.07, 6.45) is 1.57. The summed E-state index contributed by atoms with van der Waals surface area (Å²) in [6, 6.07) is 12.5. The molecule has 0 aliphatic carbocycles. The van der Waals surface area contributed by atoms with Crippen LogP contribution in [0.4, 0.5) is 11.6 Å². The van der Waals surface area contributed by atoms with Gasteiger partial charge in [0, 0.05) is 11.8 Å². The standard InChI is InChI=1S/C20H23N7O4S/c1-29-15-6-4-5-14(10-15)23-18(28)12-32-20-26-25-19(27(20)21)24-22-11-13-7-8-16(30-2)17(9-13)31-3/h4-11H,12,21H2,1-3H3,(H,23,28)(H,24,25)/b22-11+. The number of thioether (sulfide) groups is 1. The van der Waals surface area contributed by atoms with Crippen molar-refractivity contribution in [3.8, 4) is 17.2 Å². The van der Waals surface area contributed by atoms with Crippen LogP contribution in [0.1, 0.15) is 5.56 Å². The van der Waals surface area contributed by atoms with Gasteiger partial charge in [0.1, 0.15) is 5.75 Å². The molecule has 2 aromatic carbocycles. The molecule has 4 N–H and O–H groups in total. The van der Waals surface area contributed by atoms with E-state index in [-0.39, 0.29) is 17.6 Å². The zero-order valence-corrected chi connectivity index (χ0v) is 18.5. The van der Waals surface area contributed by atoms with Crippen LogP contribution < -0.4 is 30.8 Å². The lowest BCUT2D eigenvalue weighted by Crippen LogP contribution is -2.16. The Balaban J connectivity index is 1.54. The van der Waals surface area contributed by atoms with Gasteiger partial charge in [-0.1, -0.05) is 17.8 Å². The van der Waals surface area contributed by atoms with Crippen LogP contribution in [0.2, 0.25) is 0 Å². The van der Waals surface area contributed by atoms with E-state index in [1.807, 2.05) is 6.07 Å². The highest BCUT2D eigenvalue weighted by atomic mass is 32.2. The molecule has 11 nitrogen and oxygen atoms in total. The maximum atomic E-state index is 12.2. The van der Waals surface area contributed by atoms with Crippen molar-refractivity contribution in [1.29, 1.82) is 0 Å². The van der Waals surface area contributed by atoms with Crippen molar-refractivity contribution in [1.82, 2.24) is 14.9 Å². The molecule has 0 unspecified atom stereocenters. The van der Waals surface area contributed by atoms with Crippen LogP contribution in [0, 0.1) is 0 Å². The van der Waals surface area contributed by atoms with Crippen molar-refractivity contribution in [2.75, 3.05) is 43.7 Å². The average molecular weight is 458 g/mol. The highest BCUT2D eigenvalue weighted by Gasteiger charge is 2.12. The molecule has 0 atom stereocenters. The van der Waals surface area contributed by atoms with E-state index in [4.69, 9.17) is 20.1 Å². The van der Waals surface area contributed by atoms with E-state index in [9.17, 15) is 4.79 Å². The largest absolute Gasteiger partial charge is 0.497 e. The summed E-state index contributed by atoms with van der Waals surface area (Å²) in [6.45, 7) is 0. The van der Waals surface area contributed by atoms with Gasteiger partial charge in [-0.3, -0.25) is 4.79 Å². The number of hydrogen-bond acceptors (Lipinski definition) is 10. The normalized spacial score (nSPS) is 10.7. The van der Waals surface area contributed by atoms with Crippen molar-refractivity contribution in [2.45, 2.75) is 5.16 Å². The summed E-state index contributed by atoms with van der Waals surface area (Å²) in [5.74, 6) is 7.96. The van der Waals surface area contributed by atoms with Crippen LogP contribution in [0.15, 0.2) is 52.7 Å². The van der Waals surface area contributed by atoms with E-state index in [1.165, 1.54) is 4.68 Å². The number of nitrogens with two attached hydrogens (primary N) is 1. The molecule has 0 saturated carbocycles. The minimum atomic E-state index is -0.216. The van der Waals surface area contributed by atoms with Gasteiger partial charge in [0.15, 0.2) is 11.5 Å². The molecule has 168 valence electrons. The first-order chi connectivity index (χ1) is 15.5. The van der Waals surface area contributed by atoms with E-state index in [1.54, 1.807) is 63.9 Å². The molecule has 3 rings (SSSR count). The van der Waals surface area contributed by atoms with Crippen LogP contribution in [0.25, 0.3) is 0 Å². The third kappa shape index (κ3) is 5.82. The Labute approximate surface area is 188 Å². The summed E-state index contributed by atoms with van der Waals surface area (Å²) in [5, 5.41) is 15.2. The molecule has 0 radical (unpaired) electrons. The Morgan fingerprint density at radius 2 is 1.94 bits per heavy atom. The second kappa shape index (κ2) is 10.9. The summed E-state index contributed by atoms with van der Waals surface area (Å²) in [4.78, 5) is 12.2. The van der Waals surface area contributed by atoms with Gasteiger partial charge >= 0.3 is 0 Å². The lowest BCUT2D eigenvalue weighted by atomic mass is 10.2. The first-order valence-corrected chi connectivity index (χ1v) is 10.3. The number of nitrogens with zero attached hydrogens (tertiary/aromatic N) is 4. The molecule has 0 saturated heterocycles. The van der Waals surface area contributed by atoms with Gasteiger partial charge in [0.2, 0.25) is 11.1 Å². The number of carbonyl (C=O) groups excluding carboxylic acids is 1. The van der Waals surface area contributed by atoms with Crippen LogP contribution >= 0.6 is 11.8 Å². The molecule has 0 spiro atoms. The number of aromatic nitrogens is 3. The first-order valence-electron chi connectivity index (χ1n) is 9.32. The zero-order valence-electron chi connectivity index (χ0n) is 17.7. The van der Waals surface area contributed by atoms with Crippen LogP contribution in [0.5, 0.6) is 17.2 Å². The molecule has 0 fully saturated rings. The van der Waals surface area contributed by atoms with E-state index < -0.39 is 0 Å². The minimum absolute atomic E-state index is 0.0987. The number of benzene rings is 2. The lowest BCUT2D eigenvalue weighted by Gasteiger charge is -2.07. The van der Waals surface area contributed by atoms with Gasteiger partial charge in [0.25, 0.3) is 5.95 Å². The molecular weight excluding hydrogens is 434 g/mol. The quantitative estimate of drug-likeness (QED) is 0.181. The average Bonchev–Trinajstić information content (AvgIpc) is 3.16. The maximum Gasteiger partial charge on any atom is 0.264 e. The smallest absolute Gasteiger partial charge is 0.264 e. The number of carbonyl (C=O) groups is 1. The predicted octanol–water partition coefficient (Wildman–Crippen LogP) is 2.19. The molecule has 1 heterocycles. The van der Waals surface area contributed by atoms with Crippen LogP contribution in [-0.2, 0) is 4.79 Å². The SMILES string of the molecule is COc1cccc(NC(=O)CSc2nnc(N/N=C/c3ccc(OC)c(OC)c3)n2N)c1. The van der Waals surface area contributed by atoms with Gasteiger partial charge in [0.05, 0.1) is 33.3 Å². The molecule has 1 aromatic heterocycles. The van der Waals surface area contributed by atoms with Crippen LogP contribution in [-0.4, -0.2) is 54.1 Å². The molecular formula is C20H23N7O4S. The lowest BCUT2D eigenvalue weighted by molar-refractivity contribution is -0.113. The maximum absolute atomic E-state index is 12.2. The van der Waals surface area contributed by atoms with Crippen molar-refractivity contribution >= 4 is 35.5 Å². The highest BCUT2D eigenvalue weighted by molar-refractivity contribution is 7.99. The van der Waals surface area contributed by atoms with E-state index in [0.717, 1.165) is 17.3 Å². The minimum Gasteiger partial charge on any atom is -0.497 e. The summed E-state index contributed by atoms with van der Waals surface area (Å²) < 4.78 is 16.8. The fourth-order valence-corrected chi connectivity index (χ4v) is 3.23. The molecule has 12 heteroatoms. The summed E-state index contributed by atoms with van der Waals surface area (Å²) >= 11 is 1.14. The Hall–Kier alpha value is -3.93. The monoisotopic (exact) mass is 457 g/mol.